The van der Waals surface area contributed by atoms with Crippen LogP contribution in [0.2, 0.25) is 0 Å². The van der Waals surface area contributed by atoms with E-state index in [1.54, 1.807) is 0 Å². The number of nitrogens with one attached hydrogen (secondary N) is 1. The molecular weight excluding hydrogens is 396 g/mol. The van der Waals surface area contributed by atoms with Crippen LogP contribution in [0.4, 0.5) is 11.5 Å². The smallest absolute Gasteiger partial charge is 0.284 e. The number of nitro benzene ring substituents is 1. The number of anilines is 1. The van der Waals surface area contributed by atoms with Gasteiger partial charge in [0.15, 0.2) is 5.82 Å². The summed E-state index contributed by atoms with van der Waals surface area (Å²) in [6.45, 7) is 0. The SMILES string of the molecule is O=C(Nc1cnc(Br)cn1)c1cccc([N+](=O)[O-])c1Br. The maximum atomic E-state index is 12.1. The Labute approximate surface area is 129 Å². The van der Waals surface area contributed by atoms with Gasteiger partial charge in [-0.25, -0.2) is 9.97 Å². The van der Waals surface area contributed by atoms with E-state index in [0.29, 0.717) is 4.60 Å². The number of carbonyl (C=O) groups is 1. The lowest BCUT2D eigenvalue weighted by molar-refractivity contribution is -0.385. The molecule has 0 aliphatic heterocycles. The highest BCUT2D eigenvalue weighted by molar-refractivity contribution is 9.10. The van der Waals surface area contributed by atoms with Crippen LogP contribution in [0.25, 0.3) is 0 Å². The van der Waals surface area contributed by atoms with Crippen LogP contribution in [-0.2, 0) is 0 Å². The molecule has 20 heavy (non-hydrogen) atoms. The summed E-state index contributed by atoms with van der Waals surface area (Å²) in [4.78, 5) is 30.1. The number of benzene rings is 1. The first-order valence-electron chi connectivity index (χ1n) is 5.21. The topological polar surface area (TPSA) is 98.0 Å². The first-order chi connectivity index (χ1) is 9.49. The Morgan fingerprint density at radius 2 is 2.00 bits per heavy atom. The minimum absolute atomic E-state index is 0.118. The average molecular weight is 402 g/mol. The van der Waals surface area contributed by atoms with Crippen molar-refractivity contribution in [2.45, 2.75) is 0 Å². The Morgan fingerprint density at radius 3 is 2.60 bits per heavy atom. The standard InChI is InChI=1S/C11H6Br2N4O3/c12-8-4-15-9(5-14-8)16-11(18)6-2-1-3-7(10(6)13)17(19)20/h1-5H,(H,15,16,18). The van der Waals surface area contributed by atoms with Crippen LogP contribution >= 0.6 is 31.9 Å². The summed E-state index contributed by atoms with van der Waals surface area (Å²) in [5.41, 5.74) is -0.0385. The zero-order valence-corrected chi connectivity index (χ0v) is 12.9. The molecule has 0 saturated heterocycles. The van der Waals surface area contributed by atoms with Crippen LogP contribution < -0.4 is 5.32 Å². The molecule has 1 N–H and O–H groups in total. The van der Waals surface area contributed by atoms with E-state index in [9.17, 15) is 14.9 Å². The van der Waals surface area contributed by atoms with Crippen molar-refractivity contribution in [3.8, 4) is 0 Å². The van der Waals surface area contributed by atoms with Gasteiger partial charge in [-0.1, -0.05) is 6.07 Å². The molecular formula is C11H6Br2N4O3. The van der Waals surface area contributed by atoms with Crippen molar-refractivity contribution in [3.63, 3.8) is 0 Å². The van der Waals surface area contributed by atoms with E-state index >= 15 is 0 Å². The van der Waals surface area contributed by atoms with Gasteiger partial charge in [-0.05, 0) is 37.9 Å². The molecule has 0 bridgehead atoms. The van der Waals surface area contributed by atoms with E-state index in [1.165, 1.54) is 30.6 Å². The summed E-state index contributed by atoms with van der Waals surface area (Å²) in [7, 11) is 0. The van der Waals surface area contributed by atoms with E-state index in [4.69, 9.17) is 0 Å². The fraction of sp³-hybridized carbons (Fsp3) is 0. The van der Waals surface area contributed by atoms with Crippen molar-refractivity contribution < 1.29 is 9.72 Å². The fourth-order valence-corrected chi connectivity index (χ4v) is 2.19. The Hall–Kier alpha value is -1.87. The third-order valence-electron chi connectivity index (χ3n) is 2.28. The van der Waals surface area contributed by atoms with Crippen molar-refractivity contribution in [2.75, 3.05) is 5.32 Å². The van der Waals surface area contributed by atoms with Crippen molar-refractivity contribution >= 4 is 49.3 Å². The lowest BCUT2D eigenvalue weighted by atomic mass is 10.2. The van der Waals surface area contributed by atoms with E-state index in [0.717, 1.165) is 0 Å². The highest BCUT2D eigenvalue weighted by atomic mass is 79.9. The van der Waals surface area contributed by atoms with Gasteiger partial charge in [0, 0.05) is 6.07 Å². The summed E-state index contributed by atoms with van der Waals surface area (Å²) < 4.78 is 0.652. The van der Waals surface area contributed by atoms with Gasteiger partial charge < -0.3 is 5.32 Å². The summed E-state index contributed by atoms with van der Waals surface area (Å²) in [6.07, 6.45) is 2.80. The maximum absolute atomic E-state index is 12.1. The van der Waals surface area contributed by atoms with Crippen LogP contribution in [0, 0.1) is 10.1 Å². The quantitative estimate of drug-likeness (QED) is 0.629. The van der Waals surface area contributed by atoms with Crippen molar-refractivity contribution in [2.24, 2.45) is 0 Å². The third-order valence-corrected chi connectivity index (χ3v) is 3.52. The second kappa shape index (κ2) is 6.06. The second-order valence-corrected chi connectivity index (χ2v) is 5.18. The Balaban J connectivity index is 2.28. The summed E-state index contributed by atoms with van der Waals surface area (Å²) >= 11 is 6.19. The largest absolute Gasteiger partial charge is 0.305 e. The number of rotatable bonds is 3. The number of carbonyl (C=O) groups excluding carboxylic acids is 1. The Bertz CT molecular complexity index is 676. The highest BCUT2D eigenvalue weighted by Gasteiger charge is 2.19. The monoisotopic (exact) mass is 400 g/mol. The molecule has 0 aliphatic rings. The first-order valence-corrected chi connectivity index (χ1v) is 6.79. The molecule has 7 nitrogen and oxygen atoms in total. The number of aromatic nitrogens is 2. The molecule has 9 heteroatoms. The average Bonchev–Trinajstić information content (AvgIpc) is 2.41. The molecule has 0 spiro atoms. The van der Waals surface area contributed by atoms with Crippen molar-refractivity contribution in [1.82, 2.24) is 9.97 Å². The Morgan fingerprint density at radius 1 is 1.25 bits per heavy atom. The molecule has 0 atom stereocenters. The predicted octanol–water partition coefficient (Wildman–Crippen LogP) is 3.16. The number of nitrogens with zero attached hydrogens (tertiary/aromatic N) is 3. The summed E-state index contributed by atoms with van der Waals surface area (Å²) in [5, 5.41) is 13.3. The van der Waals surface area contributed by atoms with Gasteiger partial charge in [-0.15, -0.1) is 0 Å². The first kappa shape index (κ1) is 14.5. The lowest BCUT2D eigenvalue weighted by Crippen LogP contribution is -2.14. The number of halogens is 2. The minimum atomic E-state index is -0.569. The van der Waals surface area contributed by atoms with E-state index in [2.05, 4.69) is 47.1 Å². The molecule has 0 fully saturated rings. The van der Waals surface area contributed by atoms with Crippen molar-refractivity contribution in [3.05, 3.63) is 55.3 Å². The number of nitro groups is 1. The fourth-order valence-electron chi connectivity index (χ4n) is 1.40. The molecule has 2 rings (SSSR count). The molecule has 0 unspecified atom stereocenters. The van der Waals surface area contributed by atoms with Gasteiger partial charge in [0.2, 0.25) is 0 Å². The predicted molar refractivity (Wildman–Crippen MR) is 78.5 cm³/mol. The molecule has 0 aliphatic carbocycles. The molecule has 1 aromatic heterocycles. The molecule has 0 saturated carbocycles. The molecule has 102 valence electrons. The van der Waals surface area contributed by atoms with E-state index in [-0.39, 0.29) is 21.5 Å². The summed E-state index contributed by atoms with van der Waals surface area (Å²) in [5.74, 6) is -0.270. The van der Waals surface area contributed by atoms with Gasteiger partial charge in [-0.2, -0.15) is 0 Å². The zero-order chi connectivity index (χ0) is 14.7. The van der Waals surface area contributed by atoms with E-state index in [1.807, 2.05) is 0 Å². The van der Waals surface area contributed by atoms with Crippen molar-refractivity contribution in [1.29, 1.82) is 0 Å². The second-order valence-electron chi connectivity index (χ2n) is 3.57. The molecule has 0 radical (unpaired) electrons. The molecule has 1 amide bonds. The lowest BCUT2D eigenvalue weighted by Gasteiger charge is -2.06. The molecule has 1 heterocycles. The third kappa shape index (κ3) is 3.17. The minimum Gasteiger partial charge on any atom is -0.305 e. The van der Waals surface area contributed by atoms with Gasteiger partial charge in [0.05, 0.1) is 22.9 Å². The number of hydrogen-bond donors (Lipinski definition) is 1. The highest BCUT2D eigenvalue weighted by Crippen LogP contribution is 2.28. The van der Waals surface area contributed by atoms with Crippen LogP contribution in [-0.4, -0.2) is 20.8 Å². The van der Waals surface area contributed by atoms with Gasteiger partial charge in [0.25, 0.3) is 11.6 Å². The zero-order valence-electron chi connectivity index (χ0n) is 9.71. The van der Waals surface area contributed by atoms with Crippen LogP contribution in [0.1, 0.15) is 10.4 Å². The van der Waals surface area contributed by atoms with Crippen LogP contribution in [0.3, 0.4) is 0 Å². The van der Waals surface area contributed by atoms with Crippen LogP contribution in [0.15, 0.2) is 39.7 Å². The number of amides is 1. The molecule has 2 aromatic rings. The van der Waals surface area contributed by atoms with Crippen LogP contribution in [0.5, 0.6) is 0 Å². The van der Waals surface area contributed by atoms with Gasteiger partial charge >= 0.3 is 0 Å². The van der Waals surface area contributed by atoms with Gasteiger partial charge in [-0.3, -0.25) is 14.9 Å². The van der Waals surface area contributed by atoms with Gasteiger partial charge in [0.1, 0.15) is 9.08 Å². The van der Waals surface area contributed by atoms with E-state index < -0.39 is 10.8 Å². The number of hydrogen-bond acceptors (Lipinski definition) is 5. The molecule has 1 aromatic carbocycles. The maximum Gasteiger partial charge on any atom is 0.284 e. The normalized spacial score (nSPS) is 10.1. The summed E-state index contributed by atoms with van der Waals surface area (Å²) in [6, 6.07) is 4.21. The Kier molecular flexibility index (Phi) is 4.40.